The van der Waals surface area contributed by atoms with Crippen LogP contribution in [0.5, 0.6) is 0 Å². The van der Waals surface area contributed by atoms with Gasteiger partial charge in [0.2, 0.25) is 0 Å². The molecule has 126 valence electrons. The van der Waals surface area contributed by atoms with Gasteiger partial charge in [-0.1, -0.05) is 19.8 Å². The van der Waals surface area contributed by atoms with E-state index in [-0.39, 0.29) is 18.2 Å². The molecule has 1 saturated heterocycles. The van der Waals surface area contributed by atoms with Gasteiger partial charge in [-0.15, -0.1) is 0 Å². The molecule has 1 aromatic heterocycles. The number of anilines is 1. The van der Waals surface area contributed by atoms with Gasteiger partial charge in [0.05, 0.1) is 5.56 Å². The van der Waals surface area contributed by atoms with Crippen LogP contribution in [0.25, 0.3) is 0 Å². The quantitative estimate of drug-likeness (QED) is 0.841. The fourth-order valence-corrected chi connectivity index (χ4v) is 2.75. The number of carboxylic acids is 1. The van der Waals surface area contributed by atoms with Crippen molar-refractivity contribution in [1.82, 2.24) is 10.3 Å². The maximum Gasteiger partial charge on any atom is 0.303 e. The van der Waals surface area contributed by atoms with E-state index in [0.717, 1.165) is 18.9 Å². The Morgan fingerprint density at radius 1 is 1.26 bits per heavy atom. The van der Waals surface area contributed by atoms with Gasteiger partial charge in [-0.2, -0.15) is 0 Å². The molecule has 0 radical (unpaired) electrons. The van der Waals surface area contributed by atoms with Crippen LogP contribution in [0.3, 0.4) is 0 Å². The van der Waals surface area contributed by atoms with Crippen LogP contribution in [0, 0.1) is 5.92 Å². The van der Waals surface area contributed by atoms with E-state index >= 15 is 0 Å². The minimum atomic E-state index is -0.852. The van der Waals surface area contributed by atoms with Crippen LogP contribution in [-0.4, -0.2) is 41.6 Å². The first kappa shape index (κ1) is 17.2. The van der Waals surface area contributed by atoms with Gasteiger partial charge in [0.1, 0.15) is 5.82 Å². The number of aromatic nitrogens is 1. The molecule has 1 fully saturated rings. The van der Waals surface area contributed by atoms with Crippen molar-refractivity contribution in [2.75, 3.05) is 24.5 Å². The van der Waals surface area contributed by atoms with Gasteiger partial charge < -0.3 is 15.3 Å². The summed E-state index contributed by atoms with van der Waals surface area (Å²) < 4.78 is 0. The van der Waals surface area contributed by atoms with Crippen molar-refractivity contribution in [2.24, 2.45) is 5.92 Å². The standard InChI is InChI=1S/C17H25N3O3/c1-13(10-16(21)22)11-19-17(23)14-6-7-15(18-12-14)20-8-4-2-3-5-9-20/h6-7,12-13H,2-5,8-11H2,1H3,(H,19,23)(H,21,22). The molecule has 0 bridgehead atoms. The van der Waals surface area contributed by atoms with Crippen LogP contribution in [-0.2, 0) is 4.79 Å². The molecule has 23 heavy (non-hydrogen) atoms. The van der Waals surface area contributed by atoms with E-state index in [4.69, 9.17) is 5.11 Å². The molecular weight excluding hydrogens is 294 g/mol. The van der Waals surface area contributed by atoms with Gasteiger partial charge in [-0.3, -0.25) is 9.59 Å². The number of hydrogen-bond donors (Lipinski definition) is 2. The summed E-state index contributed by atoms with van der Waals surface area (Å²) in [6.45, 7) is 4.19. The minimum Gasteiger partial charge on any atom is -0.481 e. The van der Waals surface area contributed by atoms with Crippen molar-refractivity contribution >= 4 is 17.7 Å². The molecule has 1 unspecified atom stereocenters. The summed E-state index contributed by atoms with van der Waals surface area (Å²) in [6.07, 6.45) is 6.55. The number of carbonyl (C=O) groups is 2. The first-order chi connectivity index (χ1) is 11.1. The lowest BCUT2D eigenvalue weighted by Crippen LogP contribution is -2.29. The van der Waals surface area contributed by atoms with E-state index in [1.54, 1.807) is 19.2 Å². The molecule has 2 rings (SSSR count). The Bertz CT molecular complexity index is 522. The van der Waals surface area contributed by atoms with Crippen molar-refractivity contribution in [3.8, 4) is 0 Å². The molecule has 2 heterocycles. The van der Waals surface area contributed by atoms with E-state index in [0.29, 0.717) is 12.1 Å². The number of nitrogens with one attached hydrogen (secondary N) is 1. The highest BCUT2D eigenvalue weighted by molar-refractivity contribution is 5.94. The van der Waals surface area contributed by atoms with E-state index in [2.05, 4.69) is 15.2 Å². The summed E-state index contributed by atoms with van der Waals surface area (Å²) in [5.41, 5.74) is 0.506. The summed E-state index contributed by atoms with van der Waals surface area (Å²) in [4.78, 5) is 29.4. The summed E-state index contributed by atoms with van der Waals surface area (Å²) in [6, 6.07) is 3.67. The van der Waals surface area contributed by atoms with Gasteiger partial charge in [-0.25, -0.2) is 4.98 Å². The van der Waals surface area contributed by atoms with Gasteiger partial charge in [0, 0.05) is 32.3 Å². The smallest absolute Gasteiger partial charge is 0.303 e. The van der Waals surface area contributed by atoms with Crippen LogP contribution >= 0.6 is 0 Å². The zero-order valence-electron chi connectivity index (χ0n) is 13.6. The Morgan fingerprint density at radius 2 is 1.96 bits per heavy atom. The van der Waals surface area contributed by atoms with Gasteiger partial charge >= 0.3 is 5.97 Å². The predicted octanol–water partition coefficient (Wildman–Crippen LogP) is 2.30. The van der Waals surface area contributed by atoms with Gasteiger partial charge in [0.25, 0.3) is 5.91 Å². The minimum absolute atomic E-state index is 0.0480. The second-order valence-corrected chi connectivity index (χ2v) is 6.22. The second-order valence-electron chi connectivity index (χ2n) is 6.22. The lowest BCUT2D eigenvalue weighted by atomic mass is 10.1. The molecular formula is C17H25N3O3. The fourth-order valence-electron chi connectivity index (χ4n) is 2.75. The van der Waals surface area contributed by atoms with E-state index in [1.165, 1.54) is 25.7 Å². The SMILES string of the molecule is CC(CNC(=O)c1ccc(N2CCCCCC2)nc1)CC(=O)O. The maximum atomic E-state index is 12.1. The number of aliphatic carboxylic acids is 1. The molecule has 1 atom stereocenters. The Labute approximate surface area is 136 Å². The van der Waals surface area contributed by atoms with Gasteiger partial charge in [-0.05, 0) is 30.9 Å². The maximum absolute atomic E-state index is 12.1. The van der Waals surface area contributed by atoms with Crippen molar-refractivity contribution in [2.45, 2.75) is 39.0 Å². The molecule has 6 heteroatoms. The van der Waals surface area contributed by atoms with Crippen molar-refractivity contribution < 1.29 is 14.7 Å². The number of hydrogen-bond acceptors (Lipinski definition) is 4. The van der Waals surface area contributed by atoms with Crippen LogP contribution in [0.15, 0.2) is 18.3 Å². The van der Waals surface area contributed by atoms with Crippen LogP contribution in [0.2, 0.25) is 0 Å². The molecule has 1 amide bonds. The topological polar surface area (TPSA) is 82.5 Å². The number of amides is 1. The third-order valence-electron chi connectivity index (χ3n) is 4.07. The Hall–Kier alpha value is -2.11. The Balaban J connectivity index is 1.88. The van der Waals surface area contributed by atoms with Crippen molar-refractivity contribution in [3.63, 3.8) is 0 Å². The Kier molecular flexibility index (Phi) is 6.38. The largest absolute Gasteiger partial charge is 0.481 e. The first-order valence-electron chi connectivity index (χ1n) is 8.27. The van der Waals surface area contributed by atoms with E-state index < -0.39 is 5.97 Å². The molecule has 2 N–H and O–H groups in total. The summed E-state index contributed by atoms with van der Waals surface area (Å²) in [5.74, 6) is -0.240. The molecule has 6 nitrogen and oxygen atoms in total. The number of carboxylic acid groups (broad SMARTS) is 1. The van der Waals surface area contributed by atoms with Crippen molar-refractivity contribution in [1.29, 1.82) is 0 Å². The third kappa shape index (κ3) is 5.54. The average molecular weight is 319 g/mol. The van der Waals surface area contributed by atoms with Crippen LogP contribution in [0.1, 0.15) is 49.4 Å². The van der Waals surface area contributed by atoms with Crippen molar-refractivity contribution in [3.05, 3.63) is 23.9 Å². The molecule has 0 aliphatic carbocycles. The normalized spacial score (nSPS) is 16.5. The van der Waals surface area contributed by atoms with E-state index in [1.807, 2.05) is 6.07 Å². The number of pyridine rings is 1. The van der Waals surface area contributed by atoms with Crippen LogP contribution in [0.4, 0.5) is 5.82 Å². The Morgan fingerprint density at radius 3 is 2.52 bits per heavy atom. The fraction of sp³-hybridized carbons (Fsp3) is 0.588. The lowest BCUT2D eigenvalue weighted by molar-refractivity contribution is -0.137. The summed E-state index contributed by atoms with van der Waals surface area (Å²) in [7, 11) is 0. The molecule has 1 aliphatic rings. The monoisotopic (exact) mass is 319 g/mol. The highest BCUT2D eigenvalue weighted by Gasteiger charge is 2.13. The molecule has 0 saturated carbocycles. The molecule has 1 aromatic rings. The summed E-state index contributed by atoms with van der Waals surface area (Å²) in [5, 5.41) is 11.5. The summed E-state index contributed by atoms with van der Waals surface area (Å²) >= 11 is 0. The zero-order valence-corrected chi connectivity index (χ0v) is 13.6. The zero-order chi connectivity index (χ0) is 16.7. The number of nitrogens with zero attached hydrogens (tertiary/aromatic N) is 2. The van der Waals surface area contributed by atoms with Crippen LogP contribution < -0.4 is 10.2 Å². The number of carbonyl (C=O) groups excluding carboxylic acids is 1. The highest BCUT2D eigenvalue weighted by atomic mass is 16.4. The average Bonchev–Trinajstić information content (AvgIpc) is 2.81. The predicted molar refractivity (Wildman–Crippen MR) is 88.7 cm³/mol. The third-order valence-corrected chi connectivity index (χ3v) is 4.07. The second kappa shape index (κ2) is 8.50. The van der Waals surface area contributed by atoms with E-state index in [9.17, 15) is 9.59 Å². The molecule has 0 aromatic carbocycles. The van der Waals surface area contributed by atoms with Gasteiger partial charge in [0.15, 0.2) is 0 Å². The lowest BCUT2D eigenvalue weighted by Gasteiger charge is -2.21. The molecule has 1 aliphatic heterocycles. The molecule has 0 spiro atoms. The first-order valence-corrected chi connectivity index (χ1v) is 8.27. The number of rotatable bonds is 6. The highest BCUT2D eigenvalue weighted by Crippen LogP contribution is 2.17.